The van der Waals surface area contributed by atoms with E-state index in [0.717, 1.165) is 34.0 Å². The molecule has 1 aromatic carbocycles. The van der Waals surface area contributed by atoms with Crippen LogP contribution in [0.3, 0.4) is 0 Å². The molecular formula is C21H21N5O2. The number of amides is 1. The fraction of sp³-hybridized carbons (Fsp3) is 0.238. The van der Waals surface area contributed by atoms with Crippen molar-refractivity contribution in [1.82, 2.24) is 20.1 Å². The molecule has 2 aromatic heterocycles. The third-order valence-corrected chi connectivity index (χ3v) is 4.57. The van der Waals surface area contributed by atoms with Crippen molar-refractivity contribution in [3.05, 3.63) is 77.2 Å². The third-order valence-electron chi connectivity index (χ3n) is 4.57. The fourth-order valence-electron chi connectivity index (χ4n) is 3.13. The third kappa shape index (κ3) is 3.78. The van der Waals surface area contributed by atoms with Gasteiger partial charge in [-0.15, -0.1) is 0 Å². The maximum Gasteiger partial charge on any atom is 0.264 e. The van der Waals surface area contributed by atoms with Crippen molar-refractivity contribution in [3.8, 4) is 5.82 Å². The topological polar surface area (TPSA) is 81.4 Å². The summed E-state index contributed by atoms with van der Waals surface area (Å²) in [6.07, 6.45) is 1.61. The molecule has 1 amide bonds. The summed E-state index contributed by atoms with van der Waals surface area (Å²) in [7, 11) is 0. The van der Waals surface area contributed by atoms with Gasteiger partial charge < -0.3 is 10.2 Å². The Morgan fingerprint density at radius 3 is 2.71 bits per heavy atom. The van der Waals surface area contributed by atoms with Crippen LogP contribution in [0.2, 0.25) is 0 Å². The first-order valence-corrected chi connectivity index (χ1v) is 9.14. The normalized spacial score (nSPS) is 15.8. The lowest BCUT2D eigenvalue weighted by Crippen LogP contribution is -2.34. The van der Waals surface area contributed by atoms with Gasteiger partial charge in [0.25, 0.3) is 5.91 Å². The van der Waals surface area contributed by atoms with E-state index >= 15 is 0 Å². The predicted octanol–water partition coefficient (Wildman–Crippen LogP) is 2.69. The van der Waals surface area contributed by atoms with Crippen LogP contribution in [0.1, 0.15) is 28.9 Å². The summed E-state index contributed by atoms with van der Waals surface area (Å²) in [5, 5.41) is 11.4. The number of rotatable bonds is 5. The monoisotopic (exact) mass is 375 g/mol. The van der Waals surface area contributed by atoms with E-state index in [0.29, 0.717) is 13.0 Å². The lowest BCUT2D eigenvalue weighted by molar-refractivity contribution is -0.131. The summed E-state index contributed by atoms with van der Waals surface area (Å²) >= 11 is 0. The van der Waals surface area contributed by atoms with Gasteiger partial charge in [0.2, 0.25) is 6.10 Å². The number of benzene rings is 1. The molecule has 7 nitrogen and oxygen atoms in total. The van der Waals surface area contributed by atoms with Gasteiger partial charge in [-0.25, -0.2) is 9.67 Å². The molecule has 0 aliphatic carbocycles. The van der Waals surface area contributed by atoms with Crippen molar-refractivity contribution in [2.75, 3.05) is 0 Å². The maximum atomic E-state index is 12.4. The van der Waals surface area contributed by atoms with Crippen molar-refractivity contribution in [2.45, 2.75) is 32.9 Å². The van der Waals surface area contributed by atoms with Crippen LogP contribution in [0.25, 0.3) is 5.82 Å². The van der Waals surface area contributed by atoms with E-state index in [2.05, 4.69) is 20.6 Å². The summed E-state index contributed by atoms with van der Waals surface area (Å²) < 4.78 is 1.80. The second kappa shape index (κ2) is 7.64. The van der Waals surface area contributed by atoms with Crippen molar-refractivity contribution in [2.24, 2.45) is 5.16 Å². The Morgan fingerprint density at radius 2 is 2.04 bits per heavy atom. The van der Waals surface area contributed by atoms with Crippen molar-refractivity contribution in [3.63, 3.8) is 0 Å². The lowest BCUT2D eigenvalue weighted by Gasteiger charge is -2.10. The van der Waals surface area contributed by atoms with Gasteiger partial charge in [0.15, 0.2) is 5.82 Å². The standard InChI is InChI=1S/C21H21N5O2/c1-14-10-15(2)26(24-14)20-9-8-16(12-22-20)13-23-21(27)19-11-18(25-28-19)17-6-4-3-5-7-17/h3-10,12,19H,11,13H2,1-2H3,(H,23,27)/t19-/m0/s1. The van der Waals surface area contributed by atoms with E-state index in [4.69, 9.17) is 4.84 Å². The molecule has 0 spiro atoms. The molecule has 1 aliphatic heterocycles. The van der Waals surface area contributed by atoms with Crippen molar-refractivity contribution >= 4 is 11.6 Å². The molecule has 28 heavy (non-hydrogen) atoms. The maximum absolute atomic E-state index is 12.4. The summed E-state index contributed by atoms with van der Waals surface area (Å²) in [6, 6.07) is 15.6. The average Bonchev–Trinajstić information content (AvgIpc) is 3.34. The number of carbonyl (C=O) groups excluding carboxylic acids is 1. The highest BCUT2D eigenvalue weighted by Gasteiger charge is 2.28. The first-order chi connectivity index (χ1) is 13.6. The van der Waals surface area contributed by atoms with Gasteiger partial charge in [-0.1, -0.05) is 41.6 Å². The average molecular weight is 375 g/mol. The highest BCUT2D eigenvalue weighted by Crippen LogP contribution is 2.17. The zero-order valence-electron chi connectivity index (χ0n) is 15.8. The Kier molecular flexibility index (Phi) is 4.89. The van der Waals surface area contributed by atoms with E-state index in [1.165, 1.54) is 0 Å². The molecule has 0 unspecified atom stereocenters. The second-order valence-corrected chi connectivity index (χ2v) is 6.78. The van der Waals surface area contributed by atoms with Crippen LogP contribution < -0.4 is 5.32 Å². The summed E-state index contributed by atoms with van der Waals surface area (Å²) in [5.41, 5.74) is 4.64. The molecule has 3 aromatic rings. The molecule has 3 heterocycles. The number of aryl methyl sites for hydroxylation is 2. The number of hydrogen-bond acceptors (Lipinski definition) is 5. The zero-order chi connectivity index (χ0) is 19.5. The minimum Gasteiger partial charge on any atom is -0.382 e. The van der Waals surface area contributed by atoms with Gasteiger partial charge in [0.1, 0.15) is 0 Å². The smallest absolute Gasteiger partial charge is 0.264 e. The Labute approximate surface area is 163 Å². The number of nitrogens with zero attached hydrogens (tertiary/aromatic N) is 4. The summed E-state index contributed by atoms with van der Waals surface area (Å²) in [4.78, 5) is 22.1. The van der Waals surface area contributed by atoms with Crippen molar-refractivity contribution < 1.29 is 9.63 Å². The second-order valence-electron chi connectivity index (χ2n) is 6.78. The Balaban J connectivity index is 1.32. The highest BCUT2D eigenvalue weighted by molar-refractivity contribution is 6.04. The number of oxime groups is 1. The molecule has 0 fully saturated rings. The van der Waals surface area contributed by atoms with Gasteiger partial charge in [-0.3, -0.25) is 4.79 Å². The molecule has 4 rings (SSSR count). The zero-order valence-corrected chi connectivity index (χ0v) is 15.8. The predicted molar refractivity (Wildman–Crippen MR) is 105 cm³/mol. The van der Waals surface area contributed by atoms with Crippen LogP contribution in [0.15, 0.2) is 59.9 Å². The first-order valence-electron chi connectivity index (χ1n) is 9.14. The van der Waals surface area contributed by atoms with E-state index < -0.39 is 6.10 Å². The van der Waals surface area contributed by atoms with E-state index in [1.807, 2.05) is 62.4 Å². The van der Waals surface area contributed by atoms with Gasteiger partial charge in [-0.05, 0) is 37.1 Å². The van der Waals surface area contributed by atoms with Crippen LogP contribution in [-0.4, -0.2) is 32.5 Å². The molecule has 7 heteroatoms. The van der Waals surface area contributed by atoms with E-state index in [9.17, 15) is 4.79 Å². The van der Waals surface area contributed by atoms with Crippen LogP contribution in [0, 0.1) is 13.8 Å². The molecule has 142 valence electrons. The van der Waals surface area contributed by atoms with Crippen LogP contribution >= 0.6 is 0 Å². The number of aromatic nitrogens is 3. The van der Waals surface area contributed by atoms with Gasteiger partial charge in [0, 0.05) is 24.9 Å². The van der Waals surface area contributed by atoms with Crippen molar-refractivity contribution in [1.29, 1.82) is 0 Å². The molecule has 1 aliphatic rings. The van der Waals surface area contributed by atoms with Gasteiger partial charge in [-0.2, -0.15) is 5.10 Å². The molecular weight excluding hydrogens is 354 g/mol. The highest BCUT2D eigenvalue weighted by atomic mass is 16.6. The summed E-state index contributed by atoms with van der Waals surface area (Å²) in [6.45, 7) is 4.32. The van der Waals surface area contributed by atoms with E-state index in [1.54, 1.807) is 10.9 Å². The summed E-state index contributed by atoms with van der Waals surface area (Å²) in [5.74, 6) is 0.568. The number of nitrogens with one attached hydrogen (secondary N) is 1. The quantitative estimate of drug-likeness (QED) is 0.743. The van der Waals surface area contributed by atoms with Crippen LogP contribution in [0.5, 0.6) is 0 Å². The fourth-order valence-corrected chi connectivity index (χ4v) is 3.13. The Bertz CT molecular complexity index is 1010. The molecule has 0 saturated carbocycles. The van der Waals surface area contributed by atoms with Crippen LogP contribution in [-0.2, 0) is 16.2 Å². The van der Waals surface area contributed by atoms with Crippen LogP contribution in [0.4, 0.5) is 0 Å². The Hall–Kier alpha value is -3.48. The molecule has 1 N–H and O–H groups in total. The number of hydrogen-bond donors (Lipinski definition) is 1. The minimum atomic E-state index is -0.600. The minimum absolute atomic E-state index is 0.183. The first kappa shape index (κ1) is 17.9. The molecule has 1 atom stereocenters. The Morgan fingerprint density at radius 1 is 1.21 bits per heavy atom. The molecule has 0 saturated heterocycles. The van der Waals surface area contributed by atoms with E-state index in [-0.39, 0.29) is 5.91 Å². The number of carbonyl (C=O) groups is 1. The van der Waals surface area contributed by atoms with Gasteiger partial charge >= 0.3 is 0 Å². The largest absolute Gasteiger partial charge is 0.382 e. The molecule has 0 bridgehead atoms. The lowest BCUT2D eigenvalue weighted by atomic mass is 10.0. The van der Waals surface area contributed by atoms with Gasteiger partial charge in [0.05, 0.1) is 11.4 Å². The SMILES string of the molecule is Cc1cc(C)n(-c2ccc(CNC(=O)[C@@H]3CC(c4ccccc4)=NO3)cn2)n1. The molecule has 0 radical (unpaired) electrons. The number of pyridine rings is 1.